The average Bonchev–Trinajstić information content (AvgIpc) is 3.03. The first-order valence-electron chi connectivity index (χ1n) is 7.46. The lowest BCUT2D eigenvalue weighted by atomic mass is 10.1. The van der Waals surface area contributed by atoms with Crippen LogP contribution in [-0.2, 0) is 0 Å². The van der Waals surface area contributed by atoms with Crippen molar-refractivity contribution in [2.75, 3.05) is 5.73 Å². The van der Waals surface area contributed by atoms with E-state index in [1.807, 2.05) is 6.07 Å². The summed E-state index contributed by atoms with van der Waals surface area (Å²) >= 11 is 0. The maximum Gasteiger partial charge on any atom is 0.162 e. The van der Waals surface area contributed by atoms with Crippen LogP contribution in [0.15, 0.2) is 54.9 Å². The lowest BCUT2D eigenvalue weighted by Crippen LogP contribution is -2.00. The Morgan fingerprint density at radius 3 is 2.64 bits per heavy atom. The summed E-state index contributed by atoms with van der Waals surface area (Å²) in [5, 5.41) is 22.9. The fourth-order valence-corrected chi connectivity index (χ4v) is 2.69. The second kappa shape index (κ2) is 5.62. The maximum absolute atomic E-state index is 9.51. The van der Waals surface area contributed by atoms with Crippen molar-refractivity contribution in [1.82, 2.24) is 19.6 Å². The van der Waals surface area contributed by atoms with Gasteiger partial charge in [0.05, 0.1) is 11.6 Å². The predicted octanol–water partition coefficient (Wildman–Crippen LogP) is 2.62. The summed E-state index contributed by atoms with van der Waals surface area (Å²) in [7, 11) is 0. The minimum atomic E-state index is 0.165. The van der Waals surface area contributed by atoms with E-state index in [0.717, 1.165) is 11.1 Å². The average molecular weight is 328 g/mol. The number of nitrogens with two attached hydrogens (primary N) is 1. The van der Waals surface area contributed by atoms with Gasteiger partial charge in [-0.15, -0.1) is 0 Å². The Bertz CT molecular complexity index is 1120. The highest BCUT2D eigenvalue weighted by Crippen LogP contribution is 2.32. The number of anilines is 1. The van der Waals surface area contributed by atoms with Gasteiger partial charge < -0.3 is 10.8 Å². The molecule has 0 spiro atoms. The number of fused-ring (bicyclic) bond motifs is 1. The van der Waals surface area contributed by atoms with Crippen LogP contribution in [0.3, 0.4) is 0 Å². The first-order chi connectivity index (χ1) is 12.2. The molecule has 25 heavy (non-hydrogen) atoms. The van der Waals surface area contributed by atoms with Gasteiger partial charge >= 0.3 is 0 Å². The zero-order chi connectivity index (χ0) is 17.4. The summed E-state index contributed by atoms with van der Waals surface area (Å²) in [6, 6.07) is 15.9. The molecule has 0 unspecified atom stereocenters. The van der Waals surface area contributed by atoms with Crippen LogP contribution >= 0.6 is 0 Å². The lowest BCUT2D eigenvalue weighted by molar-refractivity contribution is 0.475. The number of nitrogens with zero attached hydrogens (tertiary/aromatic N) is 5. The molecule has 4 rings (SSSR count). The van der Waals surface area contributed by atoms with Gasteiger partial charge in [0.15, 0.2) is 11.6 Å². The van der Waals surface area contributed by atoms with Crippen LogP contribution in [-0.4, -0.2) is 24.7 Å². The van der Waals surface area contributed by atoms with Gasteiger partial charge in [0.25, 0.3) is 0 Å². The molecule has 3 N–H and O–H groups in total. The van der Waals surface area contributed by atoms with E-state index in [1.165, 1.54) is 6.33 Å². The molecule has 2 aromatic carbocycles. The standard InChI is InChI=1S/C18H12N6O/c19-9-11-2-1-3-13(8-11)18-23-15(12-4-6-14(25)7-5-12)16-17(20)21-10-22-24(16)18/h1-8,10,25H,(H2,20,21,22). The molecule has 2 aromatic heterocycles. The Labute approximate surface area is 142 Å². The Kier molecular flexibility index (Phi) is 3.29. The van der Waals surface area contributed by atoms with Crippen molar-refractivity contribution in [2.24, 2.45) is 0 Å². The number of benzene rings is 2. The summed E-state index contributed by atoms with van der Waals surface area (Å²) in [5.74, 6) is 1.02. The minimum Gasteiger partial charge on any atom is -0.508 e. The monoisotopic (exact) mass is 328 g/mol. The van der Waals surface area contributed by atoms with E-state index < -0.39 is 0 Å². The zero-order valence-electron chi connectivity index (χ0n) is 13.0. The van der Waals surface area contributed by atoms with Gasteiger partial charge in [-0.1, -0.05) is 12.1 Å². The third kappa shape index (κ3) is 2.42. The zero-order valence-corrected chi connectivity index (χ0v) is 13.0. The quantitative estimate of drug-likeness (QED) is 0.585. The van der Waals surface area contributed by atoms with Crippen molar-refractivity contribution in [1.29, 1.82) is 5.26 Å². The molecule has 0 fully saturated rings. The number of nitrogen functional groups attached to an aromatic ring is 1. The van der Waals surface area contributed by atoms with Crippen LogP contribution in [0.5, 0.6) is 5.75 Å². The Morgan fingerprint density at radius 2 is 1.88 bits per heavy atom. The highest BCUT2D eigenvalue weighted by molar-refractivity contribution is 5.87. The van der Waals surface area contributed by atoms with Gasteiger partial charge in [0.1, 0.15) is 23.3 Å². The Morgan fingerprint density at radius 1 is 1.08 bits per heavy atom. The lowest BCUT2D eigenvalue weighted by Gasteiger charge is -2.02. The van der Waals surface area contributed by atoms with E-state index in [4.69, 9.17) is 11.0 Å². The number of aromatic nitrogens is 4. The third-order valence-corrected chi connectivity index (χ3v) is 3.85. The molecule has 2 heterocycles. The molecule has 0 bridgehead atoms. The summed E-state index contributed by atoms with van der Waals surface area (Å²) in [5.41, 5.74) is 9.29. The molecule has 7 nitrogen and oxygen atoms in total. The first-order valence-corrected chi connectivity index (χ1v) is 7.46. The van der Waals surface area contributed by atoms with Gasteiger partial charge in [-0.25, -0.2) is 14.5 Å². The van der Waals surface area contributed by atoms with E-state index >= 15 is 0 Å². The number of hydrogen-bond acceptors (Lipinski definition) is 6. The summed E-state index contributed by atoms with van der Waals surface area (Å²) in [6.45, 7) is 0. The largest absolute Gasteiger partial charge is 0.508 e. The number of nitriles is 1. The topological polar surface area (TPSA) is 113 Å². The van der Waals surface area contributed by atoms with Crippen LogP contribution < -0.4 is 5.73 Å². The fraction of sp³-hybridized carbons (Fsp3) is 0. The molecule has 0 atom stereocenters. The second-order valence-corrected chi connectivity index (χ2v) is 5.43. The number of imidazole rings is 1. The van der Waals surface area contributed by atoms with Crippen molar-refractivity contribution < 1.29 is 5.11 Å². The SMILES string of the molecule is N#Cc1cccc(-c2nc(-c3ccc(O)cc3)c3c(N)ncnn23)c1. The first kappa shape index (κ1) is 14.7. The molecule has 120 valence electrons. The van der Waals surface area contributed by atoms with Gasteiger partial charge in [-0.3, -0.25) is 0 Å². The van der Waals surface area contributed by atoms with Gasteiger partial charge in [-0.2, -0.15) is 10.4 Å². The summed E-state index contributed by atoms with van der Waals surface area (Å²) < 4.78 is 1.61. The normalized spacial score (nSPS) is 10.7. The second-order valence-electron chi connectivity index (χ2n) is 5.43. The van der Waals surface area contributed by atoms with E-state index in [-0.39, 0.29) is 5.75 Å². The molecular weight excluding hydrogens is 316 g/mol. The number of phenols is 1. The minimum absolute atomic E-state index is 0.165. The Balaban J connectivity index is 2.02. The molecule has 0 radical (unpaired) electrons. The molecule has 4 aromatic rings. The van der Waals surface area contributed by atoms with Crippen molar-refractivity contribution >= 4 is 11.3 Å². The van der Waals surface area contributed by atoms with Crippen molar-refractivity contribution in [3.8, 4) is 34.5 Å². The van der Waals surface area contributed by atoms with Crippen LogP contribution in [0.1, 0.15) is 5.56 Å². The molecule has 0 saturated carbocycles. The smallest absolute Gasteiger partial charge is 0.162 e. The van der Waals surface area contributed by atoms with E-state index in [9.17, 15) is 5.11 Å². The number of phenolic OH excluding ortho intramolecular Hbond substituents is 1. The number of hydrogen-bond donors (Lipinski definition) is 2. The highest BCUT2D eigenvalue weighted by atomic mass is 16.3. The Hall–Kier alpha value is -3.92. The van der Waals surface area contributed by atoms with Crippen molar-refractivity contribution in [3.63, 3.8) is 0 Å². The molecule has 0 saturated heterocycles. The van der Waals surface area contributed by atoms with Crippen LogP contribution in [0.25, 0.3) is 28.2 Å². The maximum atomic E-state index is 9.51. The predicted molar refractivity (Wildman–Crippen MR) is 92.4 cm³/mol. The third-order valence-electron chi connectivity index (χ3n) is 3.85. The van der Waals surface area contributed by atoms with E-state index in [1.54, 1.807) is 47.0 Å². The summed E-state index contributed by atoms with van der Waals surface area (Å²) in [6.07, 6.45) is 1.36. The molecule has 0 aliphatic heterocycles. The highest BCUT2D eigenvalue weighted by Gasteiger charge is 2.18. The molecule has 7 heteroatoms. The van der Waals surface area contributed by atoms with Gasteiger partial charge in [-0.05, 0) is 36.4 Å². The van der Waals surface area contributed by atoms with Crippen LogP contribution in [0.4, 0.5) is 5.82 Å². The van der Waals surface area contributed by atoms with Crippen LogP contribution in [0, 0.1) is 11.3 Å². The van der Waals surface area contributed by atoms with E-state index in [0.29, 0.717) is 28.4 Å². The fourth-order valence-electron chi connectivity index (χ4n) is 2.69. The van der Waals surface area contributed by atoms with Crippen molar-refractivity contribution in [2.45, 2.75) is 0 Å². The van der Waals surface area contributed by atoms with Crippen LogP contribution in [0.2, 0.25) is 0 Å². The molecule has 0 aliphatic carbocycles. The number of aromatic hydroxyl groups is 1. The molecule has 0 aliphatic rings. The van der Waals surface area contributed by atoms with E-state index in [2.05, 4.69) is 21.1 Å². The van der Waals surface area contributed by atoms with Gasteiger partial charge in [0.2, 0.25) is 0 Å². The summed E-state index contributed by atoms with van der Waals surface area (Å²) in [4.78, 5) is 8.74. The molecular formula is C18H12N6O. The van der Waals surface area contributed by atoms with Gasteiger partial charge in [0, 0.05) is 11.1 Å². The number of rotatable bonds is 2. The van der Waals surface area contributed by atoms with Crippen molar-refractivity contribution in [3.05, 3.63) is 60.4 Å². The molecule has 0 amide bonds.